The Hall–Kier alpha value is -2.63. The predicted octanol–water partition coefficient (Wildman–Crippen LogP) is 4.10. The van der Waals surface area contributed by atoms with Crippen LogP contribution in [0.2, 0.25) is 0 Å². The van der Waals surface area contributed by atoms with Crippen LogP contribution in [0, 0.1) is 17.7 Å². The van der Waals surface area contributed by atoms with Gasteiger partial charge < -0.3 is 14.6 Å². The number of carbonyl (C=O) groups excluding carboxylic acids is 2. The van der Waals surface area contributed by atoms with Gasteiger partial charge in [0.05, 0.1) is 6.26 Å². The fourth-order valence-corrected chi connectivity index (χ4v) is 3.33. The highest BCUT2D eigenvalue weighted by molar-refractivity contribution is 5.98. The Kier molecular flexibility index (Phi) is 6.17. The van der Waals surface area contributed by atoms with Gasteiger partial charge in [0.1, 0.15) is 5.82 Å². The first-order valence-corrected chi connectivity index (χ1v) is 9.80. The topological polar surface area (TPSA) is 62.6 Å². The normalized spacial score (nSPS) is 16.2. The lowest BCUT2D eigenvalue weighted by Gasteiger charge is -2.32. The van der Waals surface area contributed by atoms with Crippen molar-refractivity contribution in [3.05, 3.63) is 48.2 Å². The molecule has 1 aromatic carbocycles. The second kappa shape index (κ2) is 8.59. The molecule has 1 saturated heterocycles. The highest BCUT2D eigenvalue weighted by Gasteiger charge is 2.30. The maximum atomic E-state index is 13.2. The van der Waals surface area contributed by atoms with Crippen molar-refractivity contribution in [1.82, 2.24) is 10.2 Å². The van der Waals surface area contributed by atoms with Gasteiger partial charge in [-0.3, -0.25) is 9.59 Å². The average molecular weight is 386 g/mol. The summed E-state index contributed by atoms with van der Waals surface area (Å²) in [6.45, 7) is 7.19. The highest BCUT2D eigenvalue weighted by atomic mass is 19.1. The first-order valence-electron chi connectivity index (χ1n) is 9.80. The molecule has 150 valence electrons. The van der Waals surface area contributed by atoms with Crippen molar-refractivity contribution in [3.63, 3.8) is 0 Å². The summed E-state index contributed by atoms with van der Waals surface area (Å²) in [5, 5.41) is 3.06. The molecule has 6 heteroatoms. The van der Waals surface area contributed by atoms with Gasteiger partial charge in [-0.25, -0.2) is 4.39 Å². The van der Waals surface area contributed by atoms with Gasteiger partial charge >= 0.3 is 0 Å². The van der Waals surface area contributed by atoms with Crippen LogP contribution in [0.25, 0.3) is 11.1 Å². The highest BCUT2D eigenvalue weighted by Crippen LogP contribution is 2.28. The van der Waals surface area contributed by atoms with Crippen molar-refractivity contribution in [3.8, 4) is 11.1 Å². The molecule has 0 spiro atoms. The molecule has 1 aromatic heterocycles. The monoisotopic (exact) mass is 386 g/mol. The number of halogens is 1. The van der Waals surface area contributed by atoms with Gasteiger partial charge in [0.25, 0.3) is 5.91 Å². The van der Waals surface area contributed by atoms with Crippen LogP contribution < -0.4 is 5.32 Å². The summed E-state index contributed by atoms with van der Waals surface area (Å²) >= 11 is 0. The van der Waals surface area contributed by atoms with E-state index < -0.39 is 0 Å². The van der Waals surface area contributed by atoms with E-state index >= 15 is 0 Å². The van der Waals surface area contributed by atoms with Gasteiger partial charge in [-0.05, 0) is 49.4 Å². The summed E-state index contributed by atoms with van der Waals surface area (Å²) in [7, 11) is 0. The molecule has 0 aliphatic carbocycles. The van der Waals surface area contributed by atoms with Crippen LogP contribution in [0.15, 0.2) is 41.0 Å². The summed E-state index contributed by atoms with van der Waals surface area (Å²) in [4.78, 5) is 27.1. The average Bonchev–Trinajstić information content (AvgIpc) is 3.17. The molecule has 3 rings (SSSR count). The molecular weight excluding hydrogens is 359 g/mol. The van der Waals surface area contributed by atoms with E-state index in [0.717, 1.165) is 5.56 Å². The third-order valence-corrected chi connectivity index (χ3v) is 5.54. The number of nitrogens with zero attached hydrogens (tertiary/aromatic N) is 1. The van der Waals surface area contributed by atoms with Crippen molar-refractivity contribution in [1.29, 1.82) is 0 Å². The van der Waals surface area contributed by atoms with Crippen LogP contribution >= 0.6 is 0 Å². The molecule has 0 saturated carbocycles. The van der Waals surface area contributed by atoms with E-state index in [9.17, 15) is 14.0 Å². The second-order valence-corrected chi connectivity index (χ2v) is 7.78. The second-order valence-electron chi connectivity index (χ2n) is 7.78. The first-order chi connectivity index (χ1) is 13.4. The maximum Gasteiger partial charge on any atom is 0.290 e. The van der Waals surface area contributed by atoms with E-state index in [2.05, 4.69) is 19.2 Å². The number of carbonyl (C=O) groups is 2. The Morgan fingerprint density at radius 3 is 2.36 bits per heavy atom. The van der Waals surface area contributed by atoms with Crippen molar-refractivity contribution in [2.24, 2.45) is 11.8 Å². The molecular formula is C22H27FN2O3. The minimum absolute atomic E-state index is 0.0679. The zero-order valence-corrected chi connectivity index (χ0v) is 16.6. The maximum absolute atomic E-state index is 13.2. The van der Waals surface area contributed by atoms with Crippen molar-refractivity contribution >= 4 is 11.8 Å². The molecule has 2 amide bonds. The van der Waals surface area contributed by atoms with E-state index in [0.29, 0.717) is 37.4 Å². The molecule has 5 nitrogen and oxygen atoms in total. The number of hydrogen-bond acceptors (Lipinski definition) is 3. The fraction of sp³-hybridized carbons (Fsp3) is 0.455. The number of rotatable bonds is 5. The molecule has 28 heavy (non-hydrogen) atoms. The molecule has 1 N–H and O–H groups in total. The minimum atomic E-state index is -0.327. The number of furan rings is 1. The summed E-state index contributed by atoms with van der Waals surface area (Å²) < 4.78 is 18.6. The van der Waals surface area contributed by atoms with Gasteiger partial charge in [-0.2, -0.15) is 0 Å². The Morgan fingerprint density at radius 2 is 1.75 bits per heavy atom. The molecule has 0 radical (unpaired) electrons. The van der Waals surface area contributed by atoms with Crippen LogP contribution in [0.1, 0.15) is 44.2 Å². The number of likely N-dealkylation sites (tertiary alicyclic amines) is 1. The van der Waals surface area contributed by atoms with E-state index in [4.69, 9.17) is 4.42 Å². The third-order valence-electron chi connectivity index (χ3n) is 5.54. The Bertz CT molecular complexity index is 821. The standard InChI is InChI=1S/C22H27FN2O3/c1-14(2)15(3)24-21(26)17-8-11-25(12-9-17)22(27)20-19(10-13-28-20)16-4-6-18(23)7-5-16/h4-7,10,13-15,17H,8-9,11-12H2,1-3H3,(H,24,26). The summed E-state index contributed by atoms with van der Waals surface area (Å²) in [6, 6.07) is 7.83. The van der Waals surface area contributed by atoms with Crippen molar-refractivity contribution < 1.29 is 18.4 Å². The van der Waals surface area contributed by atoms with Crippen molar-refractivity contribution in [2.75, 3.05) is 13.1 Å². The molecule has 2 heterocycles. The van der Waals surface area contributed by atoms with Gasteiger partial charge in [-0.15, -0.1) is 0 Å². The van der Waals surface area contributed by atoms with E-state index in [1.165, 1.54) is 18.4 Å². The van der Waals surface area contributed by atoms with E-state index in [-0.39, 0.29) is 35.4 Å². The van der Waals surface area contributed by atoms with Crippen LogP contribution in [0.4, 0.5) is 4.39 Å². The Labute approximate surface area is 164 Å². The Morgan fingerprint density at radius 1 is 1.11 bits per heavy atom. The SMILES string of the molecule is CC(C)C(C)NC(=O)C1CCN(C(=O)c2occc2-c2ccc(F)cc2)CC1. The largest absolute Gasteiger partial charge is 0.459 e. The predicted molar refractivity (Wildman–Crippen MR) is 105 cm³/mol. The third kappa shape index (κ3) is 4.43. The number of nitrogens with one attached hydrogen (secondary N) is 1. The molecule has 1 unspecified atom stereocenters. The molecule has 1 fully saturated rings. The van der Waals surface area contributed by atoms with Crippen molar-refractivity contribution in [2.45, 2.75) is 39.7 Å². The van der Waals surface area contributed by atoms with Gasteiger partial charge in [0.15, 0.2) is 5.76 Å². The lowest BCUT2D eigenvalue weighted by atomic mass is 9.94. The summed E-state index contributed by atoms with van der Waals surface area (Å²) in [5.41, 5.74) is 1.38. The van der Waals surface area contributed by atoms with E-state index in [1.807, 2.05) is 6.92 Å². The quantitative estimate of drug-likeness (QED) is 0.842. The van der Waals surface area contributed by atoms with Crippen LogP contribution in [0.3, 0.4) is 0 Å². The smallest absolute Gasteiger partial charge is 0.290 e. The molecule has 2 aromatic rings. The minimum Gasteiger partial charge on any atom is -0.459 e. The van der Waals surface area contributed by atoms with Gasteiger partial charge in [0.2, 0.25) is 5.91 Å². The van der Waals surface area contributed by atoms with Crippen LogP contribution in [-0.4, -0.2) is 35.8 Å². The molecule has 1 aliphatic rings. The van der Waals surface area contributed by atoms with E-state index in [1.54, 1.807) is 23.1 Å². The van der Waals surface area contributed by atoms with Gasteiger partial charge in [0, 0.05) is 30.6 Å². The number of benzene rings is 1. The van der Waals surface area contributed by atoms with Crippen LogP contribution in [-0.2, 0) is 4.79 Å². The van der Waals surface area contributed by atoms with Crippen LogP contribution in [0.5, 0.6) is 0 Å². The summed E-state index contributed by atoms with van der Waals surface area (Å²) in [5.74, 6) is 0.111. The Balaban J connectivity index is 1.63. The molecule has 1 aliphatic heterocycles. The number of piperidine rings is 1. The molecule has 0 bridgehead atoms. The number of hydrogen-bond donors (Lipinski definition) is 1. The lowest BCUT2D eigenvalue weighted by Crippen LogP contribution is -2.45. The fourth-order valence-electron chi connectivity index (χ4n) is 3.33. The number of amides is 2. The lowest BCUT2D eigenvalue weighted by molar-refractivity contribution is -0.127. The first kappa shape index (κ1) is 20.1. The summed E-state index contributed by atoms with van der Waals surface area (Å²) in [6.07, 6.45) is 2.74. The van der Waals surface area contributed by atoms with Gasteiger partial charge in [-0.1, -0.05) is 26.0 Å². The zero-order valence-electron chi connectivity index (χ0n) is 16.6. The molecule has 1 atom stereocenters. The zero-order chi connectivity index (χ0) is 20.3.